The molecule has 5 nitrogen and oxygen atoms in total. The maximum atomic E-state index is 13.7. The summed E-state index contributed by atoms with van der Waals surface area (Å²) in [6.45, 7) is 8.05. The Kier molecular flexibility index (Phi) is 6.58. The Morgan fingerprint density at radius 3 is 2.03 bits per heavy atom. The Morgan fingerprint density at radius 2 is 1.44 bits per heavy atom. The van der Waals surface area contributed by atoms with Crippen molar-refractivity contribution < 1.29 is 19.1 Å². The van der Waals surface area contributed by atoms with E-state index in [4.69, 9.17) is 16.3 Å². The summed E-state index contributed by atoms with van der Waals surface area (Å²) in [6.07, 6.45) is 0. The molecule has 3 aromatic carbocycles. The first-order chi connectivity index (χ1) is 16.2. The van der Waals surface area contributed by atoms with Gasteiger partial charge in [-0.25, -0.2) is 9.69 Å². The highest BCUT2D eigenvalue weighted by Crippen LogP contribution is 2.40. The number of benzene rings is 3. The fourth-order valence-electron chi connectivity index (χ4n) is 4.26. The van der Waals surface area contributed by atoms with Gasteiger partial charge in [-0.2, -0.15) is 0 Å². The summed E-state index contributed by atoms with van der Waals surface area (Å²) in [5.41, 5.74) is 3.99. The first kappa shape index (κ1) is 23.7. The van der Waals surface area contributed by atoms with Crippen LogP contribution in [0.15, 0.2) is 60.7 Å². The molecule has 0 saturated heterocycles. The number of carbonyl (C=O) groups excluding carboxylic acids is 3. The summed E-state index contributed by atoms with van der Waals surface area (Å²) in [5.74, 6) is -1.04. The second-order valence-electron chi connectivity index (χ2n) is 8.96. The molecule has 4 rings (SSSR count). The van der Waals surface area contributed by atoms with Gasteiger partial charge in [0, 0.05) is 10.6 Å². The first-order valence-electron chi connectivity index (χ1n) is 11.3. The quantitative estimate of drug-likeness (QED) is 0.292. The molecule has 0 unspecified atom stereocenters. The second-order valence-corrected chi connectivity index (χ2v) is 9.40. The Balaban J connectivity index is 1.70. The van der Waals surface area contributed by atoms with Crippen molar-refractivity contribution in [3.05, 3.63) is 99.1 Å². The van der Waals surface area contributed by atoms with E-state index in [9.17, 15) is 14.4 Å². The summed E-state index contributed by atoms with van der Waals surface area (Å²) in [7, 11) is 0. The number of halogens is 1. The van der Waals surface area contributed by atoms with E-state index in [1.165, 1.54) is 4.90 Å². The lowest BCUT2D eigenvalue weighted by molar-refractivity contribution is 0.0470. The number of anilines is 1. The molecule has 3 aromatic rings. The number of carbonyl (C=O) groups is 3. The van der Waals surface area contributed by atoms with Gasteiger partial charge in [0.1, 0.15) is 6.61 Å². The van der Waals surface area contributed by atoms with Crippen molar-refractivity contribution in [2.75, 3.05) is 4.90 Å². The molecule has 1 heterocycles. The second kappa shape index (κ2) is 9.43. The predicted octanol–water partition coefficient (Wildman–Crippen LogP) is 6.74. The SMILES string of the molecule is CC(C)c1cccc(C(C)C)c1N1C(=O)c2cccc(COC(=O)c3ccc(Cl)cc3)c2C1=O. The lowest BCUT2D eigenvalue weighted by Crippen LogP contribution is -2.32. The molecule has 34 heavy (non-hydrogen) atoms. The van der Waals surface area contributed by atoms with Crippen LogP contribution in [0.3, 0.4) is 0 Å². The van der Waals surface area contributed by atoms with Gasteiger partial charge in [-0.1, -0.05) is 69.6 Å². The van der Waals surface area contributed by atoms with Crippen molar-refractivity contribution in [1.29, 1.82) is 0 Å². The summed E-state index contributed by atoms with van der Waals surface area (Å²) in [6, 6.07) is 17.3. The first-order valence-corrected chi connectivity index (χ1v) is 11.6. The molecular weight excluding hydrogens is 450 g/mol. The molecule has 1 aliphatic rings. The zero-order valence-electron chi connectivity index (χ0n) is 19.6. The number of hydrogen-bond acceptors (Lipinski definition) is 4. The Hall–Kier alpha value is -3.44. The number of esters is 1. The third kappa shape index (κ3) is 4.24. The summed E-state index contributed by atoms with van der Waals surface area (Å²) < 4.78 is 5.46. The Morgan fingerprint density at radius 1 is 0.853 bits per heavy atom. The minimum atomic E-state index is -0.532. The van der Waals surface area contributed by atoms with Gasteiger partial charge in [0.15, 0.2) is 0 Å². The predicted molar refractivity (Wildman–Crippen MR) is 133 cm³/mol. The van der Waals surface area contributed by atoms with Gasteiger partial charge < -0.3 is 4.74 Å². The van der Waals surface area contributed by atoms with E-state index in [0.717, 1.165) is 11.1 Å². The smallest absolute Gasteiger partial charge is 0.338 e. The van der Waals surface area contributed by atoms with Crippen molar-refractivity contribution >= 4 is 35.1 Å². The van der Waals surface area contributed by atoms with Crippen molar-refractivity contribution in [1.82, 2.24) is 0 Å². The fourth-order valence-corrected chi connectivity index (χ4v) is 4.39. The minimum absolute atomic E-state index is 0.123. The van der Waals surface area contributed by atoms with Crippen LogP contribution < -0.4 is 4.90 Å². The Bertz CT molecular complexity index is 1250. The van der Waals surface area contributed by atoms with E-state index in [2.05, 4.69) is 0 Å². The molecule has 0 radical (unpaired) electrons. The topological polar surface area (TPSA) is 63.7 Å². The molecule has 0 fully saturated rings. The molecular formula is C28H26ClNO4. The van der Waals surface area contributed by atoms with Gasteiger partial charge in [-0.05, 0) is 53.3 Å². The molecule has 0 bridgehead atoms. The fraction of sp³-hybridized carbons (Fsp3) is 0.250. The van der Waals surface area contributed by atoms with Crippen LogP contribution in [0.2, 0.25) is 5.02 Å². The van der Waals surface area contributed by atoms with Crippen LogP contribution in [0.4, 0.5) is 5.69 Å². The number of nitrogens with zero attached hydrogens (tertiary/aromatic N) is 1. The van der Waals surface area contributed by atoms with E-state index in [0.29, 0.717) is 27.4 Å². The van der Waals surface area contributed by atoms with E-state index in [1.807, 2.05) is 45.9 Å². The highest BCUT2D eigenvalue weighted by molar-refractivity contribution is 6.35. The summed E-state index contributed by atoms with van der Waals surface area (Å²) in [5, 5.41) is 0.518. The highest BCUT2D eigenvalue weighted by atomic mass is 35.5. The van der Waals surface area contributed by atoms with E-state index in [-0.39, 0.29) is 29.9 Å². The average molecular weight is 476 g/mol. The largest absolute Gasteiger partial charge is 0.457 e. The molecule has 2 amide bonds. The molecule has 0 atom stereocenters. The third-order valence-corrected chi connectivity index (χ3v) is 6.26. The summed E-state index contributed by atoms with van der Waals surface area (Å²) in [4.78, 5) is 40.9. The average Bonchev–Trinajstić information content (AvgIpc) is 3.07. The van der Waals surface area contributed by atoms with Crippen LogP contribution in [0, 0.1) is 0 Å². The van der Waals surface area contributed by atoms with Crippen LogP contribution in [-0.4, -0.2) is 17.8 Å². The molecule has 0 aliphatic carbocycles. The number of imide groups is 1. The normalized spacial score (nSPS) is 13.1. The lowest BCUT2D eigenvalue weighted by Gasteiger charge is -2.25. The Labute approximate surface area is 204 Å². The standard InChI is InChI=1S/C28H26ClNO4/c1-16(2)21-8-6-9-22(17(3)4)25(21)30-26(31)23-10-5-7-19(24(23)27(30)32)15-34-28(33)18-11-13-20(29)14-12-18/h5-14,16-17H,15H2,1-4H3. The number of rotatable bonds is 6. The highest BCUT2D eigenvalue weighted by Gasteiger charge is 2.40. The van der Waals surface area contributed by atoms with Crippen LogP contribution in [0.1, 0.15) is 87.3 Å². The summed E-state index contributed by atoms with van der Waals surface area (Å²) >= 11 is 5.88. The monoisotopic (exact) mass is 475 g/mol. The van der Waals surface area contributed by atoms with Crippen molar-refractivity contribution in [2.24, 2.45) is 0 Å². The van der Waals surface area contributed by atoms with E-state index >= 15 is 0 Å². The van der Waals surface area contributed by atoms with E-state index < -0.39 is 11.9 Å². The number of amides is 2. The van der Waals surface area contributed by atoms with Crippen molar-refractivity contribution in [3.8, 4) is 0 Å². The van der Waals surface area contributed by atoms with Crippen LogP contribution in [0.25, 0.3) is 0 Å². The number of hydrogen-bond donors (Lipinski definition) is 0. The van der Waals surface area contributed by atoms with Gasteiger partial charge in [0.25, 0.3) is 11.8 Å². The zero-order valence-corrected chi connectivity index (χ0v) is 20.3. The zero-order chi connectivity index (χ0) is 24.6. The lowest BCUT2D eigenvalue weighted by atomic mass is 9.92. The minimum Gasteiger partial charge on any atom is -0.457 e. The number of para-hydroxylation sites is 1. The maximum absolute atomic E-state index is 13.7. The van der Waals surface area contributed by atoms with Gasteiger partial charge in [-0.3, -0.25) is 9.59 Å². The number of fused-ring (bicyclic) bond motifs is 1. The molecule has 0 aromatic heterocycles. The van der Waals surface area contributed by atoms with Gasteiger partial charge in [0.05, 0.1) is 22.4 Å². The molecule has 174 valence electrons. The van der Waals surface area contributed by atoms with Crippen LogP contribution in [0.5, 0.6) is 0 Å². The third-order valence-electron chi connectivity index (χ3n) is 6.01. The van der Waals surface area contributed by atoms with Gasteiger partial charge >= 0.3 is 5.97 Å². The molecule has 0 N–H and O–H groups in total. The van der Waals surface area contributed by atoms with Crippen molar-refractivity contribution in [2.45, 2.75) is 46.1 Å². The maximum Gasteiger partial charge on any atom is 0.338 e. The molecule has 6 heteroatoms. The van der Waals surface area contributed by atoms with Crippen LogP contribution in [-0.2, 0) is 11.3 Å². The van der Waals surface area contributed by atoms with Gasteiger partial charge in [-0.15, -0.1) is 0 Å². The molecule has 0 saturated carbocycles. The molecule has 0 spiro atoms. The van der Waals surface area contributed by atoms with Crippen molar-refractivity contribution in [3.63, 3.8) is 0 Å². The number of ether oxygens (including phenoxy) is 1. The molecule has 1 aliphatic heterocycles. The van der Waals surface area contributed by atoms with E-state index in [1.54, 1.807) is 42.5 Å². The van der Waals surface area contributed by atoms with Crippen LogP contribution >= 0.6 is 11.6 Å². The van der Waals surface area contributed by atoms with Gasteiger partial charge in [0.2, 0.25) is 0 Å².